The Morgan fingerprint density at radius 1 is 0.731 bits per heavy atom. The first-order chi connectivity index (χ1) is 11.7. The van der Waals surface area contributed by atoms with Crippen molar-refractivity contribution in [3.05, 3.63) is 24.3 Å². The minimum Gasteiger partial charge on any atom is -1.00 e. The van der Waals surface area contributed by atoms with E-state index >= 15 is 0 Å². The van der Waals surface area contributed by atoms with Gasteiger partial charge in [0.15, 0.2) is 17.4 Å². The van der Waals surface area contributed by atoms with Gasteiger partial charge in [-0.15, -0.1) is 0 Å². The van der Waals surface area contributed by atoms with E-state index in [1.165, 1.54) is 25.9 Å². The molecule has 6 heteroatoms. The van der Waals surface area contributed by atoms with E-state index in [-0.39, 0.29) is 61.3 Å². The van der Waals surface area contributed by atoms with E-state index in [1.54, 1.807) is 0 Å². The number of carbonyl (C=O) groups is 2. The Kier molecular flexibility index (Phi) is 6.28. The van der Waals surface area contributed by atoms with Crippen LogP contribution in [0, 0.1) is 47.3 Å². The van der Waals surface area contributed by atoms with Crippen LogP contribution in [0.15, 0.2) is 24.3 Å². The Morgan fingerprint density at radius 3 is 1.50 bits per heavy atom. The minimum absolute atomic E-state index is 0. The normalized spacial score (nSPS) is 45.7. The van der Waals surface area contributed by atoms with Crippen LogP contribution in [0.4, 0.5) is 0 Å². The van der Waals surface area contributed by atoms with Gasteiger partial charge in [-0.1, -0.05) is 24.3 Å². The van der Waals surface area contributed by atoms with Gasteiger partial charge in [-0.3, -0.25) is 14.9 Å². The quantitative estimate of drug-likeness (QED) is 0.292. The number of amides is 2. The fourth-order valence-corrected chi connectivity index (χ4v) is 6.23. The molecule has 4 bridgehead atoms. The standard InChI is InChI=1S/C10H11NO2.C10H15N.Al.Li.4H/c12-9-7-5-1-2-6(4-3-5)8(7)10(13)11-9;1-2-8-4-3-7(1)9-5-11-6-10(8)9;;;;;;/h1-2,5-8H,3-4H2,(H,11,12,13);1-2,7-11H,3-6H2;;;;;;/q;;;+1;;;;-1. The van der Waals surface area contributed by atoms with Crippen LogP contribution >= 0.6 is 0 Å². The third-order valence-corrected chi connectivity index (χ3v) is 7.45. The molecule has 4 nitrogen and oxygen atoms in total. The Balaban J connectivity index is 0.000000176. The van der Waals surface area contributed by atoms with E-state index in [2.05, 4.69) is 34.9 Å². The molecule has 2 N–H and O–H groups in total. The van der Waals surface area contributed by atoms with Crippen LogP contribution in [-0.4, -0.2) is 42.3 Å². The Morgan fingerprint density at radius 2 is 1.12 bits per heavy atom. The molecule has 2 aliphatic heterocycles. The van der Waals surface area contributed by atoms with Gasteiger partial charge < -0.3 is 6.74 Å². The van der Waals surface area contributed by atoms with Gasteiger partial charge in [0.2, 0.25) is 11.8 Å². The van der Waals surface area contributed by atoms with Gasteiger partial charge in [-0.05, 0) is 74.3 Å². The van der Waals surface area contributed by atoms with E-state index in [0.717, 1.165) is 36.5 Å². The molecule has 8 rings (SSSR count). The number of hydrogen-bond donors (Lipinski definition) is 2. The largest absolute Gasteiger partial charge is 1.00 e. The smallest absolute Gasteiger partial charge is 1.00 e. The van der Waals surface area contributed by atoms with Gasteiger partial charge in [0.25, 0.3) is 0 Å². The maximum absolute atomic E-state index is 11.4. The molecule has 2 saturated heterocycles. The zero-order chi connectivity index (χ0) is 16.3. The fraction of sp³-hybridized carbons (Fsp3) is 0.700. The Hall–Kier alpha value is -0.290. The predicted molar refractivity (Wildman–Crippen MR) is 102 cm³/mol. The van der Waals surface area contributed by atoms with Crippen LogP contribution in [0.2, 0.25) is 0 Å². The van der Waals surface area contributed by atoms with Crippen LogP contribution in [0.5, 0.6) is 0 Å². The Labute approximate surface area is 179 Å². The number of imide groups is 1. The van der Waals surface area contributed by atoms with Crippen molar-refractivity contribution >= 4 is 29.2 Å². The van der Waals surface area contributed by atoms with Crippen LogP contribution in [0.25, 0.3) is 0 Å². The summed E-state index contributed by atoms with van der Waals surface area (Å²) >= 11 is 0. The molecule has 0 aromatic carbocycles. The summed E-state index contributed by atoms with van der Waals surface area (Å²) in [6.07, 6.45) is 14.3. The molecule has 2 heterocycles. The second-order valence-electron chi connectivity index (χ2n) is 8.47. The van der Waals surface area contributed by atoms with E-state index in [9.17, 15) is 9.59 Å². The molecule has 6 aliphatic carbocycles. The molecule has 2 amide bonds. The number of fused-ring (bicyclic) bond motifs is 2. The van der Waals surface area contributed by atoms with Crippen molar-refractivity contribution in [1.29, 1.82) is 0 Å². The monoisotopic (exact) mass is 364 g/mol. The first-order valence-corrected chi connectivity index (χ1v) is 9.64. The van der Waals surface area contributed by atoms with Gasteiger partial charge in [-0.25, -0.2) is 0 Å². The van der Waals surface area contributed by atoms with Crippen LogP contribution in [0.1, 0.15) is 27.1 Å². The van der Waals surface area contributed by atoms with Gasteiger partial charge >= 0.3 is 18.9 Å². The SMILES string of the molecule is C1=CC2CCC1C1CNCC21.O=C1NC(=O)C2C3C=CC(CC3)C12.[AlH3].[H-].[Li+]. The number of allylic oxidation sites excluding steroid dienone is 4. The molecular weight excluding hydrogens is 334 g/mol. The summed E-state index contributed by atoms with van der Waals surface area (Å²) in [5.41, 5.74) is 0. The van der Waals surface area contributed by atoms with Crippen LogP contribution < -0.4 is 29.5 Å². The number of hydrogen-bond acceptors (Lipinski definition) is 3. The van der Waals surface area contributed by atoms with Crippen molar-refractivity contribution in [3.63, 3.8) is 0 Å². The average molecular weight is 364 g/mol. The average Bonchev–Trinajstić information content (AvgIpc) is 3.25. The fourth-order valence-electron chi connectivity index (χ4n) is 6.23. The van der Waals surface area contributed by atoms with Gasteiger partial charge in [0.1, 0.15) is 0 Å². The second kappa shape index (κ2) is 7.98. The molecule has 8 atom stereocenters. The second-order valence-corrected chi connectivity index (χ2v) is 8.47. The summed E-state index contributed by atoms with van der Waals surface area (Å²) in [5, 5.41) is 5.97. The maximum Gasteiger partial charge on any atom is 1.00 e. The topological polar surface area (TPSA) is 58.2 Å². The molecule has 0 aromatic heterocycles. The summed E-state index contributed by atoms with van der Waals surface area (Å²) < 4.78 is 0. The summed E-state index contributed by atoms with van der Waals surface area (Å²) in [6.45, 7) is 2.58. The van der Waals surface area contributed by atoms with Crippen molar-refractivity contribution in [1.82, 2.24) is 10.6 Å². The molecule has 0 radical (unpaired) electrons. The number of nitrogens with one attached hydrogen (secondary N) is 2. The minimum atomic E-state index is -0.0472. The van der Waals surface area contributed by atoms with E-state index in [4.69, 9.17) is 0 Å². The zero-order valence-electron chi connectivity index (χ0n) is 16.0. The van der Waals surface area contributed by atoms with E-state index in [1.807, 2.05) is 0 Å². The van der Waals surface area contributed by atoms with Crippen LogP contribution in [-0.2, 0) is 9.59 Å². The van der Waals surface area contributed by atoms with Crippen molar-refractivity contribution in [2.75, 3.05) is 13.1 Å². The van der Waals surface area contributed by atoms with Crippen molar-refractivity contribution in [2.24, 2.45) is 47.3 Å². The third-order valence-electron chi connectivity index (χ3n) is 7.45. The van der Waals surface area contributed by atoms with Crippen molar-refractivity contribution < 1.29 is 29.9 Å². The van der Waals surface area contributed by atoms with Crippen molar-refractivity contribution in [3.8, 4) is 0 Å². The molecule has 0 aromatic rings. The summed E-state index contributed by atoms with van der Waals surface area (Å²) in [5.74, 6) is 4.32. The number of carbonyl (C=O) groups excluding carboxylic acids is 2. The maximum atomic E-state index is 11.4. The van der Waals surface area contributed by atoms with E-state index in [0.29, 0.717) is 11.8 Å². The Bertz CT molecular complexity index is 593. The summed E-state index contributed by atoms with van der Waals surface area (Å²) in [7, 11) is 0. The van der Waals surface area contributed by atoms with Gasteiger partial charge in [0.05, 0.1) is 11.8 Å². The first kappa shape index (κ1) is 20.4. The molecular formula is C20H30AlLiN2O2. The number of rotatable bonds is 0. The van der Waals surface area contributed by atoms with Gasteiger partial charge in [-0.2, -0.15) is 0 Å². The van der Waals surface area contributed by atoms with E-state index < -0.39 is 0 Å². The predicted octanol–water partition coefficient (Wildman–Crippen LogP) is -2.18. The molecule has 8 unspecified atom stereocenters. The van der Waals surface area contributed by atoms with Gasteiger partial charge in [0, 0.05) is 0 Å². The molecule has 8 aliphatic rings. The third kappa shape index (κ3) is 3.21. The molecule has 26 heavy (non-hydrogen) atoms. The molecule has 2 saturated carbocycles. The summed E-state index contributed by atoms with van der Waals surface area (Å²) in [4.78, 5) is 22.9. The summed E-state index contributed by atoms with van der Waals surface area (Å²) in [6, 6.07) is 0. The zero-order valence-corrected chi connectivity index (χ0v) is 15.0. The van der Waals surface area contributed by atoms with Crippen LogP contribution in [0.3, 0.4) is 0 Å². The molecule has 4 fully saturated rings. The molecule has 136 valence electrons. The molecule has 0 spiro atoms. The first-order valence-electron chi connectivity index (χ1n) is 9.64. The van der Waals surface area contributed by atoms with Crippen molar-refractivity contribution in [2.45, 2.75) is 25.7 Å².